The Labute approximate surface area is 106 Å². The molecule has 0 radical (unpaired) electrons. The van der Waals surface area contributed by atoms with Gasteiger partial charge in [0.25, 0.3) is 0 Å². The zero-order valence-corrected chi connectivity index (χ0v) is 9.84. The third kappa shape index (κ3) is 1.65. The van der Waals surface area contributed by atoms with Gasteiger partial charge in [0.05, 0.1) is 5.69 Å². The quantitative estimate of drug-likeness (QED) is 0.723. The molecule has 0 amide bonds. The van der Waals surface area contributed by atoms with Gasteiger partial charge in [0.1, 0.15) is 0 Å². The molecule has 3 N–H and O–H groups in total. The van der Waals surface area contributed by atoms with Crippen LogP contribution in [0.1, 0.15) is 10.5 Å². The van der Waals surface area contributed by atoms with E-state index in [0.717, 1.165) is 0 Å². The number of ether oxygens (including phenoxy) is 2. The van der Waals surface area contributed by atoms with Crippen LogP contribution in [-0.2, 0) is 0 Å². The van der Waals surface area contributed by atoms with Crippen LogP contribution in [0.25, 0.3) is 11.3 Å². The second-order valence-electron chi connectivity index (χ2n) is 3.70. The molecule has 2 heterocycles. The highest BCUT2D eigenvalue weighted by atomic mass is 32.1. The molecule has 0 aliphatic carbocycles. The molecule has 92 valence electrons. The predicted octanol–water partition coefficient (Wildman–Crippen LogP) is 2.17. The Kier molecular flexibility index (Phi) is 2.34. The summed E-state index contributed by atoms with van der Waals surface area (Å²) in [6, 6.07) is 5.19. The van der Waals surface area contributed by atoms with Crippen LogP contribution in [0.4, 0.5) is 0 Å². The van der Waals surface area contributed by atoms with Crippen molar-refractivity contribution < 1.29 is 19.4 Å². The highest BCUT2D eigenvalue weighted by Gasteiger charge is 2.18. The fraction of sp³-hybridized carbons (Fsp3) is 0.0909. The highest BCUT2D eigenvalue weighted by Crippen LogP contribution is 2.36. The van der Waals surface area contributed by atoms with Crippen LogP contribution in [0.5, 0.6) is 11.5 Å². The largest absolute Gasteiger partial charge is 0.477 e. The van der Waals surface area contributed by atoms with Gasteiger partial charge < -0.3 is 24.5 Å². The number of rotatable bonds is 2. The molecule has 0 bridgehead atoms. The maximum absolute atomic E-state index is 11.1. The van der Waals surface area contributed by atoms with Crippen molar-refractivity contribution >= 4 is 18.2 Å². The van der Waals surface area contributed by atoms with Gasteiger partial charge in [0.2, 0.25) is 6.79 Å². The average molecular weight is 264 g/mol. The lowest BCUT2D eigenvalue weighted by Gasteiger charge is -2.02. The van der Waals surface area contributed by atoms with E-state index in [2.05, 4.69) is 9.97 Å². The summed E-state index contributed by atoms with van der Waals surface area (Å²) >= 11 is 4.91. The van der Waals surface area contributed by atoms with Gasteiger partial charge in [-0.05, 0) is 30.4 Å². The molecule has 0 saturated carbocycles. The molecule has 1 aliphatic rings. The van der Waals surface area contributed by atoms with Gasteiger partial charge in [-0.3, -0.25) is 0 Å². The van der Waals surface area contributed by atoms with Crippen molar-refractivity contribution in [1.82, 2.24) is 9.97 Å². The molecule has 6 nitrogen and oxygen atoms in total. The Hall–Kier alpha value is -2.28. The van der Waals surface area contributed by atoms with Crippen molar-refractivity contribution in [2.45, 2.75) is 0 Å². The molecule has 1 aliphatic heterocycles. The Bertz CT molecular complexity index is 689. The van der Waals surface area contributed by atoms with Crippen molar-refractivity contribution in [2.75, 3.05) is 6.79 Å². The van der Waals surface area contributed by atoms with Crippen molar-refractivity contribution in [2.24, 2.45) is 0 Å². The molecule has 0 unspecified atom stereocenters. The van der Waals surface area contributed by atoms with Crippen LogP contribution < -0.4 is 9.47 Å². The van der Waals surface area contributed by atoms with Crippen LogP contribution in [0.3, 0.4) is 0 Å². The molecule has 1 aromatic heterocycles. The Morgan fingerprint density at radius 3 is 2.83 bits per heavy atom. The number of aromatic amines is 2. The Morgan fingerprint density at radius 2 is 2.06 bits per heavy atom. The number of benzene rings is 1. The van der Waals surface area contributed by atoms with Gasteiger partial charge in [-0.15, -0.1) is 0 Å². The van der Waals surface area contributed by atoms with Gasteiger partial charge in [-0.2, -0.15) is 0 Å². The van der Waals surface area contributed by atoms with E-state index in [9.17, 15) is 4.79 Å². The van der Waals surface area contributed by atoms with Crippen molar-refractivity contribution in [1.29, 1.82) is 0 Å². The minimum absolute atomic E-state index is 0.0267. The first-order valence-corrected chi connectivity index (χ1v) is 5.51. The number of carboxylic acid groups (broad SMARTS) is 1. The molecule has 18 heavy (non-hydrogen) atoms. The first kappa shape index (κ1) is 10.8. The van der Waals surface area contributed by atoms with E-state index >= 15 is 0 Å². The second-order valence-corrected chi connectivity index (χ2v) is 4.11. The van der Waals surface area contributed by atoms with Crippen LogP contribution >= 0.6 is 12.2 Å². The third-order valence-electron chi connectivity index (χ3n) is 2.60. The number of imidazole rings is 1. The maximum Gasteiger partial charge on any atom is 0.354 e. The number of carbonyl (C=O) groups is 1. The molecule has 1 aromatic carbocycles. The van der Waals surface area contributed by atoms with E-state index in [1.54, 1.807) is 18.2 Å². The molecule has 7 heteroatoms. The van der Waals surface area contributed by atoms with Gasteiger partial charge in [-0.25, -0.2) is 4.79 Å². The molecule has 0 saturated heterocycles. The van der Waals surface area contributed by atoms with E-state index in [0.29, 0.717) is 22.8 Å². The van der Waals surface area contributed by atoms with E-state index in [4.69, 9.17) is 26.8 Å². The number of H-pyrrole nitrogens is 2. The topological polar surface area (TPSA) is 87.3 Å². The normalized spacial score (nSPS) is 12.7. The highest BCUT2D eigenvalue weighted by molar-refractivity contribution is 7.71. The zero-order chi connectivity index (χ0) is 12.7. The molecule has 0 atom stereocenters. The SMILES string of the molecule is O=C(O)c1[nH]c(=S)[nH]c1-c1ccc2c(c1)OCO2. The van der Waals surface area contributed by atoms with Crippen LogP contribution in [-0.4, -0.2) is 27.8 Å². The number of nitrogens with one attached hydrogen (secondary N) is 2. The van der Waals surface area contributed by atoms with Gasteiger partial charge >= 0.3 is 5.97 Å². The summed E-state index contributed by atoms with van der Waals surface area (Å²) in [6.45, 7) is 0.174. The number of hydrogen-bond donors (Lipinski definition) is 3. The minimum atomic E-state index is -1.07. The van der Waals surface area contributed by atoms with Crippen LogP contribution in [0, 0.1) is 4.77 Å². The number of hydrogen-bond acceptors (Lipinski definition) is 4. The van der Waals surface area contributed by atoms with Crippen molar-refractivity contribution in [3.63, 3.8) is 0 Å². The summed E-state index contributed by atoms with van der Waals surface area (Å²) in [5, 5.41) is 9.08. The second kappa shape index (κ2) is 3.88. The monoisotopic (exact) mass is 264 g/mol. The van der Waals surface area contributed by atoms with Crippen molar-refractivity contribution in [3.8, 4) is 22.8 Å². The number of aromatic nitrogens is 2. The lowest BCUT2D eigenvalue weighted by atomic mass is 10.1. The zero-order valence-electron chi connectivity index (χ0n) is 9.02. The predicted molar refractivity (Wildman–Crippen MR) is 64.5 cm³/mol. The summed E-state index contributed by atoms with van der Waals surface area (Å²) in [7, 11) is 0. The summed E-state index contributed by atoms with van der Waals surface area (Å²) in [5.41, 5.74) is 1.12. The van der Waals surface area contributed by atoms with E-state index in [-0.39, 0.29) is 17.3 Å². The van der Waals surface area contributed by atoms with Crippen molar-refractivity contribution in [3.05, 3.63) is 28.7 Å². The number of fused-ring (bicyclic) bond motifs is 1. The van der Waals surface area contributed by atoms with Gasteiger partial charge in [0.15, 0.2) is 22.0 Å². The molecular formula is C11H8N2O4S. The summed E-state index contributed by atoms with van der Waals surface area (Å²) in [5.74, 6) is 0.157. The van der Waals surface area contributed by atoms with E-state index in [1.165, 1.54) is 0 Å². The summed E-state index contributed by atoms with van der Waals surface area (Å²) < 4.78 is 10.7. The summed E-state index contributed by atoms with van der Waals surface area (Å²) in [4.78, 5) is 16.5. The van der Waals surface area contributed by atoms with E-state index < -0.39 is 5.97 Å². The Morgan fingerprint density at radius 1 is 1.28 bits per heavy atom. The first-order valence-electron chi connectivity index (χ1n) is 5.11. The lowest BCUT2D eigenvalue weighted by molar-refractivity contribution is 0.0692. The van der Waals surface area contributed by atoms with Gasteiger partial charge in [-0.1, -0.05) is 0 Å². The van der Waals surface area contributed by atoms with Gasteiger partial charge in [0, 0.05) is 5.56 Å². The average Bonchev–Trinajstić information content (AvgIpc) is 2.93. The number of carboxylic acids is 1. The minimum Gasteiger partial charge on any atom is -0.477 e. The smallest absolute Gasteiger partial charge is 0.354 e. The molecule has 3 rings (SSSR count). The lowest BCUT2D eigenvalue weighted by Crippen LogP contribution is -1.99. The molecule has 0 spiro atoms. The molecular weight excluding hydrogens is 256 g/mol. The Balaban J connectivity index is 2.15. The number of aromatic carboxylic acids is 1. The van der Waals surface area contributed by atoms with Crippen LogP contribution in [0.15, 0.2) is 18.2 Å². The maximum atomic E-state index is 11.1. The molecule has 0 fully saturated rings. The first-order chi connectivity index (χ1) is 8.65. The summed E-state index contributed by atoms with van der Waals surface area (Å²) in [6.07, 6.45) is 0. The standard InChI is InChI=1S/C11H8N2O4S/c14-10(15)9-8(12-11(18)13-9)5-1-2-6-7(3-5)17-4-16-6/h1-3H,4H2,(H,14,15)(H2,12,13,18). The fourth-order valence-electron chi connectivity index (χ4n) is 1.81. The van der Waals surface area contributed by atoms with E-state index in [1.807, 2.05) is 0 Å². The fourth-order valence-corrected chi connectivity index (χ4v) is 2.02. The third-order valence-corrected chi connectivity index (χ3v) is 2.81. The van der Waals surface area contributed by atoms with Crippen LogP contribution in [0.2, 0.25) is 0 Å². The molecule has 2 aromatic rings.